The van der Waals surface area contributed by atoms with Gasteiger partial charge in [0.05, 0.1) is 0 Å². The second kappa shape index (κ2) is 4.46. The molecule has 0 aromatic carbocycles. The molecule has 0 bridgehead atoms. The minimum Gasteiger partial charge on any atom is -0.297 e. The van der Waals surface area contributed by atoms with Crippen LogP contribution in [0.25, 0.3) is 0 Å². The van der Waals surface area contributed by atoms with Crippen molar-refractivity contribution in [2.75, 3.05) is 0 Å². The Hall–Kier alpha value is -1.81. The second-order valence-corrected chi connectivity index (χ2v) is 5.46. The summed E-state index contributed by atoms with van der Waals surface area (Å²) in [5.74, 6) is 0.458. The zero-order valence-electron chi connectivity index (χ0n) is 9.92. The van der Waals surface area contributed by atoms with Crippen LogP contribution >= 0.6 is 0 Å². The molecule has 2 aromatic heterocycles. The molecule has 2 aromatic rings. The molecule has 2 N–H and O–H groups in total. The Morgan fingerprint density at radius 2 is 2.11 bits per heavy atom. The van der Waals surface area contributed by atoms with Gasteiger partial charge in [-0.05, 0) is 13.8 Å². The lowest BCUT2D eigenvalue weighted by molar-refractivity contribution is 0.491. The number of sulfonamides is 1. The van der Waals surface area contributed by atoms with Gasteiger partial charge in [-0.25, -0.2) is 23.2 Å². The van der Waals surface area contributed by atoms with E-state index in [4.69, 9.17) is 5.14 Å². The van der Waals surface area contributed by atoms with Crippen molar-refractivity contribution in [2.45, 2.75) is 31.6 Å². The van der Waals surface area contributed by atoms with E-state index in [0.717, 1.165) is 0 Å². The van der Waals surface area contributed by atoms with E-state index < -0.39 is 10.0 Å². The van der Waals surface area contributed by atoms with Gasteiger partial charge in [-0.3, -0.25) is 4.57 Å². The highest BCUT2D eigenvalue weighted by Gasteiger charge is 2.23. The van der Waals surface area contributed by atoms with Gasteiger partial charge in [0.2, 0.25) is 0 Å². The first kappa shape index (κ1) is 12.6. The van der Waals surface area contributed by atoms with Gasteiger partial charge in [0.15, 0.2) is 5.82 Å². The lowest BCUT2D eigenvalue weighted by atomic mass is 10.4. The summed E-state index contributed by atoms with van der Waals surface area (Å²) < 4.78 is 25.8. The van der Waals surface area contributed by atoms with E-state index in [1.54, 1.807) is 0 Å². The van der Waals surface area contributed by atoms with Crippen LogP contribution in [0.4, 0.5) is 0 Å². The fourth-order valence-electron chi connectivity index (χ4n) is 1.59. The average molecular weight is 271 g/mol. The minimum atomic E-state index is -3.89. The van der Waals surface area contributed by atoms with Gasteiger partial charge in [-0.15, -0.1) is 10.2 Å². The van der Waals surface area contributed by atoms with Gasteiger partial charge in [0.1, 0.15) is 19.2 Å². The third kappa shape index (κ3) is 2.38. The summed E-state index contributed by atoms with van der Waals surface area (Å²) in [5, 5.41) is 16.3. The topological polar surface area (TPSA) is 122 Å². The molecule has 0 aliphatic heterocycles. The largest absolute Gasteiger partial charge is 0.297 e. The molecule has 0 atom stereocenters. The molecule has 18 heavy (non-hydrogen) atoms. The molecular formula is C8H13N7O2S. The molecule has 0 saturated carbocycles. The van der Waals surface area contributed by atoms with Crippen LogP contribution in [0.15, 0.2) is 17.8 Å². The molecule has 2 rings (SSSR count). The molecule has 0 spiro atoms. The Morgan fingerprint density at radius 1 is 1.39 bits per heavy atom. The van der Waals surface area contributed by atoms with Crippen LogP contribution in [-0.2, 0) is 16.6 Å². The lowest BCUT2D eigenvalue weighted by Crippen LogP contribution is -2.21. The van der Waals surface area contributed by atoms with Gasteiger partial charge in [-0.1, -0.05) is 0 Å². The monoisotopic (exact) mass is 271 g/mol. The van der Waals surface area contributed by atoms with Crippen molar-refractivity contribution < 1.29 is 8.42 Å². The van der Waals surface area contributed by atoms with E-state index in [1.165, 1.54) is 21.9 Å². The van der Waals surface area contributed by atoms with Crippen molar-refractivity contribution >= 4 is 10.0 Å². The quantitative estimate of drug-likeness (QED) is 0.772. The van der Waals surface area contributed by atoms with Crippen LogP contribution in [0.3, 0.4) is 0 Å². The summed E-state index contributed by atoms with van der Waals surface area (Å²) in [6, 6.07) is -0.133. The number of rotatable bonds is 4. The predicted octanol–water partition coefficient (Wildman–Crippen LogP) is -0.854. The third-order valence-corrected chi connectivity index (χ3v) is 3.06. The maximum absolute atomic E-state index is 11.4. The third-order valence-electron chi connectivity index (χ3n) is 2.28. The first-order valence-electron chi connectivity index (χ1n) is 5.18. The zero-order chi connectivity index (χ0) is 13.3. The zero-order valence-corrected chi connectivity index (χ0v) is 10.7. The summed E-state index contributed by atoms with van der Waals surface area (Å²) >= 11 is 0. The number of hydrogen-bond donors (Lipinski definition) is 1. The van der Waals surface area contributed by atoms with Gasteiger partial charge in [0, 0.05) is 6.04 Å². The van der Waals surface area contributed by atoms with Crippen LogP contribution in [0.2, 0.25) is 0 Å². The number of hydrogen-bond acceptors (Lipinski definition) is 6. The summed E-state index contributed by atoms with van der Waals surface area (Å²) in [6.45, 7) is 3.92. The molecule has 0 unspecified atom stereocenters. The normalized spacial score (nSPS) is 12.2. The van der Waals surface area contributed by atoms with E-state index in [0.29, 0.717) is 5.82 Å². The molecule has 0 amide bonds. The summed E-state index contributed by atoms with van der Waals surface area (Å²) in [5.41, 5.74) is 0. The summed E-state index contributed by atoms with van der Waals surface area (Å²) in [7, 11) is -3.89. The smallest absolute Gasteiger partial charge is 0.273 e. The van der Waals surface area contributed by atoms with Crippen molar-refractivity contribution in [1.29, 1.82) is 0 Å². The van der Waals surface area contributed by atoms with Crippen LogP contribution in [0.1, 0.15) is 25.7 Å². The molecule has 0 aliphatic carbocycles. The van der Waals surface area contributed by atoms with Crippen LogP contribution in [0, 0.1) is 0 Å². The van der Waals surface area contributed by atoms with Gasteiger partial charge < -0.3 is 0 Å². The standard InChI is InChI=1S/C8H13N7O2S/c1-6(2)15-7(3-14-5-10-4-11-14)12-13-8(15)18(9,16)17/h4-6H,3H2,1-2H3,(H2,9,16,17). The fraction of sp³-hybridized carbons (Fsp3) is 0.500. The number of aromatic nitrogens is 6. The highest BCUT2D eigenvalue weighted by atomic mass is 32.2. The average Bonchev–Trinajstić information content (AvgIpc) is 2.85. The Balaban J connectivity index is 2.46. The Bertz CT molecular complexity index is 628. The molecule has 2 heterocycles. The van der Waals surface area contributed by atoms with Crippen LogP contribution < -0.4 is 5.14 Å². The number of primary sulfonamides is 1. The molecule has 9 nitrogen and oxygen atoms in total. The molecule has 10 heteroatoms. The van der Waals surface area contributed by atoms with E-state index >= 15 is 0 Å². The molecule has 98 valence electrons. The van der Waals surface area contributed by atoms with E-state index in [-0.39, 0.29) is 17.7 Å². The molecule has 0 fully saturated rings. The maximum atomic E-state index is 11.4. The molecular weight excluding hydrogens is 258 g/mol. The highest BCUT2D eigenvalue weighted by molar-refractivity contribution is 7.89. The maximum Gasteiger partial charge on any atom is 0.273 e. The van der Waals surface area contributed by atoms with E-state index in [1.807, 2.05) is 13.8 Å². The van der Waals surface area contributed by atoms with Gasteiger partial charge in [0.25, 0.3) is 15.2 Å². The van der Waals surface area contributed by atoms with Crippen LogP contribution in [0.5, 0.6) is 0 Å². The van der Waals surface area contributed by atoms with Crippen molar-refractivity contribution in [3.05, 3.63) is 18.5 Å². The highest BCUT2D eigenvalue weighted by Crippen LogP contribution is 2.15. The lowest BCUT2D eigenvalue weighted by Gasteiger charge is -2.12. The van der Waals surface area contributed by atoms with Crippen molar-refractivity contribution in [3.63, 3.8) is 0 Å². The Kier molecular flexibility index (Phi) is 3.13. The van der Waals surface area contributed by atoms with Gasteiger partial charge in [-0.2, -0.15) is 5.10 Å². The molecule has 0 aliphatic rings. The molecule has 0 saturated heterocycles. The predicted molar refractivity (Wildman–Crippen MR) is 60.9 cm³/mol. The fourth-order valence-corrected chi connectivity index (χ4v) is 2.33. The SMILES string of the molecule is CC(C)n1c(Cn2cncn2)nnc1S(N)(=O)=O. The van der Waals surface area contributed by atoms with E-state index in [2.05, 4.69) is 20.3 Å². The second-order valence-electron chi connectivity index (χ2n) is 4.00. The van der Waals surface area contributed by atoms with Crippen molar-refractivity contribution in [1.82, 2.24) is 29.5 Å². The minimum absolute atomic E-state index is 0.133. The summed E-state index contributed by atoms with van der Waals surface area (Å²) in [4.78, 5) is 3.80. The van der Waals surface area contributed by atoms with Crippen molar-refractivity contribution in [3.8, 4) is 0 Å². The summed E-state index contributed by atoms with van der Waals surface area (Å²) in [6.07, 6.45) is 2.90. The first-order valence-corrected chi connectivity index (χ1v) is 6.73. The Morgan fingerprint density at radius 3 is 2.61 bits per heavy atom. The van der Waals surface area contributed by atoms with Crippen LogP contribution in [-0.4, -0.2) is 37.9 Å². The van der Waals surface area contributed by atoms with E-state index in [9.17, 15) is 8.42 Å². The number of nitrogens with zero attached hydrogens (tertiary/aromatic N) is 6. The molecule has 0 radical (unpaired) electrons. The van der Waals surface area contributed by atoms with Gasteiger partial charge >= 0.3 is 0 Å². The first-order chi connectivity index (χ1) is 8.39. The Labute approximate surface area is 104 Å². The van der Waals surface area contributed by atoms with Crippen molar-refractivity contribution in [2.24, 2.45) is 5.14 Å². The number of nitrogens with two attached hydrogens (primary N) is 1.